The molecule has 1 aliphatic rings. The van der Waals surface area contributed by atoms with E-state index in [1.54, 1.807) is 32.3 Å². The molecule has 0 saturated heterocycles. The van der Waals surface area contributed by atoms with Crippen LogP contribution in [-0.4, -0.2) is 22.0 Å². The van der Waals surface area contributed by atoms with Crippen molar-refractivity contribution in [3.63, 3.8) is 0 Å². The Labute approximate surface area is 113 Å². The molecular weight excluding hydrogens is 300 g/mol. The lowest BCUT2D eigenvalue weighted by Gasteiger charge is -2.07. The van der Waals surface area contributed by atoms with Gasteiger partial charge in [0.1, 0.15) is 0 Å². The predicted octanol–water partition coefficient (Wildman–Crippen LogP) is 2.14. The van der Waals surface area contributed by atoms with E-state index in [1.165, 1.54) is 0 Å². The van der Waals surface area contributed by atoms with E-state index < -0.39 is 23.2 Å². The molecule has 5 nitrogen and oxygen atoms in total. The Morgan fingerprint density at radius 1 is 1.44 bits per heavy atom. The van der Waals surface area contributed by atoms with Crippen molar-refractivity contribution in [3.8, 4) is 0 Å². The van der Waals surface area contributed by atoms with E-state index >= 15 is 0 Å². The van der Waals surface area contributed by atoms with E-state index in [0.29, 0.717) is 10.2 Å². The molecule has 6 heteroatoms. The average Bonchev–Trinajstić information content (AvgIpc) is 2.85. The zero-order valence-corrected chi connectivity index (χ0v) is 11.6. The van der Waals surface area contributed by atoms with Crippen LogP contribution in [0, 0.1) is 17.3 Å². The summed E-state index contributed by atoms with van der Waals surface area (Å²) in [7, 11) is 0. The van der Waals surface area contributed by atoms with Crippen LogP contribution in [0.25, 0.3) is 0 Å². The minimum atomic E-state index is -0.922. The van der Waals surface area contributed by atoms with Crippen molar-refractivity contribution in [1.29, 1.82) is 0 Å². The van der Waals surface area contributed by atoms with Crippen molar-refractivity contribution in [2.45, 2.75) is 13.8 Å². The van der Waals surface area contributed by atoms with E-state index in [-0.39, 0.29) is 5.91 Å². The highest BCUT2D eigenvalue weighted by Crippen LogP contribution is 2.58. The zero-order chi connectivity index (χ0) is 13.5. The molecule has 1 amide bonds. The fourth-order valence-electron chi connectivity index (χ4n) is 2.28. The highest BCUT2D eigenvalue weighted by Gasteiger charge is 2.65. The minimum Gasteiger partial charge on any atom is -0.481 e. The van der Waals surface area contributed by atoms with Crippen LogP contribution in [0.2, 0.25) is 0 Å². The normalized spacial score (nSPS) is 24.4. The van der Waals surface area contributed by atoms with Gasteiger partial charge in [-0.05, 0) is 27.4 Å². The molecule has 1 aromatic rings. The van der Waals surface area contributed by atoms with Crippen molar-refractivity contribution in [1.82, 2.24) is 4.98 Å². The lowest BCUT2D eigenvalue weighted by atomic mass is 10.1. The number of aliphatic carboxylic acids is 1. The Hall–Kier alpha value is -1.43. The predicted molar refractivity (Wildman–Crippen MR) is 69.0 cm³/mol. The van der Waals surface area contributed by atoms with E-state index in [0.717, 1.165) is 0 Å². The van der Waals surface area contributed by atoms with Gasteiger partial charge < -0.3 is 10.4 Å². The van der Waals surface area contributed by atoms with Gasteiger partial charge in [-0.3, -0.25) is 14.6 Å². The van der Waals surface area contributed by atoms with Gasteiger partial charge in [-0.25, -0.2) is 0 Å². The molecule has 2 N–H and O–H groups in total. The summed E-state index contributed by atoms with van der Waals surface area (Å²) in [5.74, 6) is -2.29. The van der Waals surface area contributed by atoms with Gasteiger partial charge in [-0.1, -0.05) is 13.8 Å². The second-order valence-electron chi connectivity index (χ2n) is 4.96. The Bertz CT molecular complexity index is 516. The number of hydrogen-bond donors (Lipinski definition) is 2. The molecule has 0 spiro atoms. The maximum absolute atomic E-state index is 12.0. The second kappa shape index (κ2) is 4.35. The molecule has 0 unspecified atom stereocenters. The smallest absolute Gasteiger partial charge is 0.307 e. The molecule has 1 aromatic heterocycles. The van der Waals surface area contributed by atoms with Crippen molar-refractivity contribution < 1.29 is 14.7 Å². The van der Waals surface area contributed by atoms with Crippen molar-refractivity contribution in [2.24, 2.45) is 17.3 Å². The minimum absolute atomic E-state index is 0.265. The number of aromatic nitrogens is 1. The van der Waals surface area contributed by atoms with Crippen molar-refractivity contribution in [3.05, 3.63) is 22.9 Å². The molecule has 0 bridgehead atoms. The van der Waals surface area contributed by atoms with Gasteiger partial charge in [0.25, 0.3) is 0 Å². The highest BCUT2D eigenvalue weighted by atomic mass is 79.9. The monoisotopic (exact) mass is 312 g/mol. The third kappa shape index (κ3) is 2.12. The third-order valence-electron chi connectivity index (χ3n) is 3.41. The van der Waals surface area contributed by atoms with E-state index in [1.807, 2.05) is 0 Å². The molecule has 96 valence electrons. The number of halogens is 1. The summed E-state index contributed by atoms with van der Waals surface area (Å²) >= 11 is 3.27. The summed E-state index contributed by atoms with van der Waals surface area (Å²) in [6.45, 7) is 3.58. The number of amides is 1. The van der Waals surface area contributed by atoms with Crippen LogP contribution in [-0.2, 0) is 9.59 Å². The average molecular weight is 313 g/mol. The lowest BCUT2D eigenvalue weighted by molar-refractivity contribution is -0.140. The molecule has 1 saturated carbocycles. The molecule has 1 aliphatic carbocycles. The number of carboxylic acid groups (broad SMARTS) is 1. The van der Waals surface area contributed by atoms with Gasteiger partial charge >= 0.3 is 5.97 Å². The molecule has 0 aromatic carbocycles. The number of carbonyl (C=O) groups is 2. The largest absolute Gasteiger partial charge is 0.481 e. The maximum Gasteiger partial charge on any atom is 0.307 e. The summed E-state index contributed by atoms with van der Waals surface area (Å²) in [6, 6.07) is 1.66. The fourth-order valence-corrected chi connectivity index (χ4v) is 2.62. The summed E-state index contributed by atoms with van der Waals surface area (Å²) < 4.78 is 0.670. The third-order valence-corrected chi connectivity index (χ3v) is 4.04. The summed E-state index contributed by atoms with van der Waals surface area (Å²) in [5.41, 5.74) is 0.108. The SMILES string of the molecule is CC1(C)[C@H](C(=O)O)[C@@H]1C(=O)Nc1ccncc1Br. The number of anilines is 1. The molecule has 0 aliphatic heterocycles. The molecule has 1 fully saturated rings. The Morgan fingerprint density at radius 3 is 2.61 bits per heavy atom. The van der Waals surface area contributed by atoms with E-state index in [4.69, 9.17) is 5.11 Å². The standard InChI is InChI=1S/C12H13BrN2O3/c1-12(2)8(9(12)11(17)18)10(16)15-7-3-4-14-5-6(7)13/h3-5,8-9H,1-2H3,(H,17,18)(H,14,15,16)/t8-,9+/m1/s1. The maximum atomic E-state index is 12.0. The molecular formula is C12H13BrN2O3. The Kier molecular flexibility index (Phi) is 3.14. The van der Waals surface area contributed by atoms with Gasteiger partial charge in [0, 0.05) is 12.4 Å². The molecule has 0 radical (unpaired) electrons. The molecule has 1 heterocycles. The molecule has 18 heavy (non-hydrogen) atoms. The summed E-state index contributed by atoms with van der Waals surface area (Å²) in [6.07, 6.45) is 3.13. The van der Waals surface area contributed by atoms with Crippen LogP contribution in [0.1, 0.15) is 13.8 Å². The van der Waals surface area contributed by atoms with Gasteiger partial charge in [-0.2, -0.15) is 0 Å². The van der Waals surface area contributed by atoms with Crippen molar-refractivity contribution in [2.75, 3.05) is 5.32 Å². The quantitative estimate of drug-likeness (QED) is 0.896. The first-order valence-electron chi connectivity index (χ1n) is 5.49. The van der Waals surface area contributed by atoms with Crippen LogP contribution in [0.5, 0.6) is 0 Å². The number of nitrogens with zero attached hydrogens (tertiary/aromatic N) is 1. The van der Waals surface area contributed by atoms with E-state index in [9.17, 15) is 9.59 Å². The van der Waals surface area contributed by atoms with Crippen LogP contribution in [0.4, 0.5) is 5.69 Å². The second-order valence-corrected chi connectivity index (χ2v) is 5.81. The van der Waals surface area contributed by atoms with Crippen LogP contribution >= 0.6 is 15.9 Å². The zero-order valence-electron chi connectivity index (χ0n) is 9.98. The lowest BCUT2D eigenvalue weighted by Crippen LogP contribution is -2.18. The number of carbonyl (C=O) groups excluding carboxylic acids is 1. The first-order chi connectivity index (χ1) is 8.35. The highest BCUT2D eigenvalue weighted by molar-refractivity contribution is 9.10. The first-order valence-corrected chi connectivity index (χ1v) is 6.28. The van der Waals surface area contributed by atoms with Gasteiger partial charge in [-0.15, -0.1) is 0 Å². The van der Waals surface area contributed by atoms with E-state index in [2.05, 4.69) is 26.2 Å². The first kappa shape index (κ1) is 13.0. The van der Waals surface area contributed by atoms with Crippen LogP contribution in [0.15, 0.2) is 22.9 Å². The Morgan fingerprint density at radius 2 is 2.11 bits per heavy atom. The van der Waals surface area contributed by atoms with Gasteiger partial charge in [0.2, 0.25) is 5.91 Å². The van der Waals surface area contributed by atoms with Gasteiger partial charge in [0.15, 0.2) is 0 Å². The van der Waals surface area contributed by atoms with Crippen LogP contribution < -0.4 is 5.32 Å². The summed E-state index contributed by atoms with van der Waals surface area (Å²) in [5, 5.41) is 11.8. The number of hydrogen-bond acceptors (Lipinski definition) is 3. The topological polar surface area (TPSA) is 79.3 Å². The Balaban J connectivity index is 2.11. The summed E-state index contributed by atoms with van der Waals surface area (Å²) in [4.78, 5) is 26.9. The number of rotatable bonds is 3. The number of nitrogens with one attached hydrogen (secondary N) is 1. The van der Waals surface area contributed by atoms with Crippen molar-refractivity contribution >= 4 is 33.5 Å². The molecule has 2 atom stereocenters. The molecule has 2 rings (SSSR count). The fraction of sp³-hybridized carbons (Fsp3) is 0.417. The van der Waals surface area contributed by atoms with Gasteiger partial charge in [0.05, 0.1) is 22.0 Å². The number of carboxylic acids is 1. The number of pyridine rings is 1. The van der Waals surface area contributed by atoms with Crippen LogP contribution in [0.3, 0.4) is 0 Å².